The minimum Gasteiger partial charge on any atom is -0.354 e. The Morgan fingerprint density at radius 3 is 3.00 bits per heavy atom. The molecule has 0 bridgehead atoms. The molecule has 0 aliphatic heterocycles. The summed E-state index contributed by atoms with van der Waals surface area (Å²) in [6, 6.07) is 0. The van der Waals surface area contributed by atoms with E-state index < -0.39 is 0 Å². The molecular formula is C11H15N5OS. The number of H-pyrrole nitrogens is 2. The highest BCUT2D eigenvalue weighted by Gasteiger charge is 2.10. The molecule has 0 aliphatic rings. The van der Waals surface area contributed by atoms with Gasteiger partial charge in [-0.1, -0.05) is 0 Å². The Kier molecular flexibility index (Phi) is 4.40. The molecule has 0 aliphatic carbocycles. The second-order valence-electron chi connectivity index (χ2n) is 3.77. The minimum atomic E-state index is -0.113. The standard InChI is InChI=1S/C11H15N5OS/c1-8-10(16-7-15-8)6-18-9(5-17)4-14-11-12-2-3-13-11/h2-3,5,7,9H,4,6H2,1H3,(H,15,16)(H2,12,13,14). The number of carbonyl (C=O) groups is 1. The topological polar surface area (TPSA) is 86.5 Å². The van der Waals surface area contributed by atoms with Crippen molar-refractivity contribution in [3.05, 3.63) is 30.1 Å². The first kappa shape index (κ1) is 12.7. The maximum atomic E-state index is 11.0. The Bertz CT molecular complexity index is 481. The summed E-state index contributed by atoms with van der Waals surface area (Å²) < 4.78 is 0. The smallest absolute Gasteiger partial charge is 0.200 e. The Morgan fingerprint density at radius 2 is 2.39 bits per heavy atom. The van der Waals surface area contributed by atoms with Crippen LogP contribution in [-0.4, -0.2) is 38.0 Å². The van der Waals surface area contributed by atoms with Crippen LogP contribution in [0.2, 0.25) is 0 Å². The third kappa shape index (κ3) is 3.36. The van der Waals surface area contributed by atoms with E-state index in [9.17, 15) is 4.79 Å². The van der Waals surface area contributed by atoms with Gasteiger partial charge < -0.3 is 20.1 Å². The number of rotatable bonds is 7. The normalized spacial score (nSPS) is 12.3. The van der Waals surface area contributed by atoms with E-state index in [2.05, 4.69) is 25.3 Å². The highest BCUT2D eigenvalue weighted by Crippen LogP contribution is 2.17. The molecule has 0 amide bonds. The first-order valence-electron chi connectivity index (χ1n) is 5.58. The average Bonchev–Trinajstić information content (AvgIpc) is 3.01. The molecule has 2 aromatic rings. The molecule has 1 atom stereocenters. The third-order valence-electron chi connectivity index (χ3n) is 2.50. The van der Waals surface area contributed by atoms with Gasteiger partial charge in [-0.05, 0) is 6.92 Å². The number of carbonyl (C=O) groups excluding carboxylic acids is 1. The van der Waals surface area contributed by atoms with Crippen LogP contribution in [0.4, 0.5) is 5.95 Å². The summed E-state index contributed by atoms with van der Waals surface area (Å²) in [4.78, 5) is 25.1. The van der Waals surface area contributed by atoms with Crippen LogP contribution < -0.4 is 5.32 Å². The summed E-state index contributed by atoms with van der Waals surface area (Å²) in [5.74, 6) is 1.43. The SMILES string of the molecule is Cc1nc[nH]c1CSC(C=O)CNc1ncc[nH]1. The molecule has 0 spiro atoms. The molecule has 2 heterocycles. The number of hydrogen-bond acceptors (Lipinski definition) is 5. The highest BCUT2D eigenvalue weighted by atomic mass is 32.2. The molecule has 0 fully saturated rings. The van der Waals surface area contributed by atoms with E-state index in [-0.39, 0.29) is 5.25 Å². The van der Waals surface area contributed by atoms with Crippen LogP contribution in [0.25, 0.3) is 0 Å². The van der Waals surface area contributed by atoms with Gasteiger partial charge in [0, 0.05) is 30.4 Å². The van der Waals surface area contributed by atoms with Gasteiger partial charge in [-0.2, -0.15) is 0 Å². The van der Waals surface area contributed by atoms with Crippen LogP contribution in [0.15, 0.2) is 18.7 Å². The number of anilines is 1. The molecule has 96 valence electrons. The van der Waals surface area contributed by atoms with Crippen molar-refractivity contribution in [2.75, 3.05) is 11.9 Å². The number of aryl methyl sites for hydroxylation is 1. The van der Waals surface area contributed by atoms with Gasteiger partial charge in [-0.25, -0.2) is 9.97 Å². The van der Waals surface area contributed by atoms with Gasteiger partial charge in [-0.3, -0.25) is 0 Å². The van der Waals surface area contributed by atoms with Crippen molar-refractivity contribution in [1.82, 2.24) is 19.9 Å². The molecule has 18 heavy (non-hydrogen) atoms. The maximum Gasteiger partial charge on any atom is 0.200 e. The first-order valence-corrected chi connectivity index (χ1v) is 6.63. The number of aromatic amines is 2. The number of hydrogen-bond donors (Lipinski definition) is 3. The summed E-state index contributed by atoms with van der Waals surface area (Å²) in [6.45, 7) is 2.50. The second kappa shape index (κ2) is 6.25. The van der Waals surface area contributed by atoms with Crippen molar-refractivity contribution in [1.29, 1.82) is 0 Å². The van der Waals surface area contributed by atoms with Gasteiger partial charge in [0.15, 0.2) is 5.95 Å². The van der Waals surface area contributed by atoms with Crippen LogP contribution in [0, 0.1) is 6.92 Å². The minimum absolute atomic E-state index is 0.113. The zero-order chi connectivity index (χ0) is 12.8. The Hall–Kier alpha value is -1.76. The Morgan fingerprint density at radius 1 is 1.50 bits per heavy atom. The Balaban J connectivity index is 1.79. The number of imidazole rings is 2. The van der Waals surface area contributed by atoms with E-state index in [1.54, 1.807) is 30.5 Å². The summed E-state index contributed by atoms with van der Waals surface area (Å²) in [7, 11) is 0. The fourth-order valence-corrected chi connectivity index (χ4v) is 2.38. The number of nitrogens with one attached hydrogen (secondary N) is 3. The highest BCUT2D eigenvalue weighted by molar-refractivity contribution is 7.99. The summed E-state index contributed by atoms with van der Waals surface area (Å²) in [5.41, 5.74) is 2.04. The van der Waals surface area contributed by atoms with Crippen LogP contribution in [-0.2, 0) is 10.5 Å². The van der Waals surface area contributed by atoms with E-state index >= 15 is 0 Å². The van der Waals surface area contributed by atoms with E-state index in [0.29, 0.717) is 12.5 Å². The van der Waals surface area contributed by atoms with Crippen LogP contribution in [0.3, 0.4) is 0 Å². The van der Waals surface area contributed by atoms with Crippen molar-refractivity contribution in [3.63, 3.8) is 0 Å². The predicted octanol–water partition coefficient (Wildman–Crippen LogP) is 1.35. The lowest BCUT2D eigenvalue weighted by molar-refractivity contribution is -0.107. The largest absolute Gasteiger partial charge is 0.354 e. The third-order valence-corrected chi connectivity index (χ3v) is 3.66. The van der Waals surface area contributed by atoms with Crippen molar-refractivity contribution < 1.29 is 4.79 Å². The number of nitrogens with zero attached hydrogens (tertiary/aromatic N) is 2. The van der Waals surface area contributed by atoms with Gasteiger partial charge in [0.05, 0.1) is 17.3 Å². The average molecular weight is 265 g/mol. The van der Waals surface area contributed by atoms with Gasteiger partial charge in [0.25, 0.3) is 0 Å². The quantitative estimate of drug-likeness (QED) is 0.658. The molecule has 2 rings (SSSR count). The molecule has 1 unspecified atom stereocenters. The summed E-state index contributed by atoms with van der Waals surface area (Å²) in [6.07, 6.45) is 6.02. The Labute approximate surface area is 109 Å². The maximum absolute atomic E-state index is 11.0. The van der Waals surface area contributed by atoms with Crippen molar-refractivity contribution in [3.8, 4) is 0 Å². The number of thioether (sulfide) groups is 1. The second-order valence-corrected chi connectivity index (χ2v) is 5.00. The van der Waals surface area contributed by atoms with E-state index in [4.69, 9.17) is 0 Å². The zero-order valence-corrected chi connectivity index (χ0v) is 10.8. The lowest BCUT2D eigenvalue weighted by atomic mass is 10.4. The van der Waals surface area contributed by atoms with E-state index in [0.717, 1.165) is 23.4 Å². The van der Waals surface area contributed by atoms with E-state index in [1.807, 2.05) is 6.92 Å². The van der Waals surface area contributed by atoms with Gasteiger partial charge in [-0.15, -0.1) is 11.8 Å². The van der Waals surface area contributed by atoms with Crippen LogP contribution in [0.1, 0.15) is 11.4 Å². The van der Waals surface area contributed by atoms with Crippen molar-refractivity contribution in [2.45, 2.75) is 17.9 Å². The van der Waals surface area contributed by atoms with Crippen LogP contribution >= 0.6 is 11.8 Å². The summed E-state index contributed by atoms with van der Waals surface area (Å²) >= 11 is 1.57. The first-order chi connectivity index (χ1) is 8.79. The molecular weight excluding hydrogens is 250 g/mol. The summed E-state index contributed by atoms with van der Waals surface area (Å²) in [5, 5.41) is 2.96. The fourth-order valence-electron chi connectivity index (χ4n) is 1.43. The van der Waals surface area contributed by atoms with E-state index in [1.165, 1.54) is 0 Å². The lowest BCUT2D eigenvalue weighted by Crippen LogP contribution is -2.18. The van der Waals surface area contributed by atoms with Crippen LogP contribution in [0.5, 0.6) is 0 Å². The molecule has 3 N–H and O–H groups in total. The molecule has 0 radical (unpaired) electrons. The molecule has 2 aromatic heterocycles. The lowest BCUT2D eigenvalue weighted by Gasteiger charge is -2.10. The molecule has 0 saturated carbocycles. The molecule has 0 saturated heterocycles. The van der Waals surface area contributed by atoms with Gasteiger partial charge in [0.2, 0.25) is 0 Å². The molecule has 0 aromatic carbocycles. The fraction of sp³-hybridized carbons (Fsp3) is 0.364. The predicted molar refractivity (Wildman–Crippen MR) is 71.5 cm³/mol. The number of aldehydes is 1. The molecule has 7 heteroatoms. The zero-order valence-electron chi connectivity index (χ0n) is 10.0. The van der Waals surface area contributed by atoms with Crippen molar-refractivity contribution >= 4 is 24.0 Å². The number of aromatic nitrogens is 4. The van der Waals surface area contributed by atoms with Gasteiger partial charge >= 0.3 is 0 Å². The van der Waals surface area contributed by atoms with Gasteiger partial charge in [0.1, 0.15) is 6.29 Å². The monoisotopic (exact) mass is 265 g/mol. The van der Waals surface area contributed by atoms with Crippen molar-refractivity contribution in [2.24, 2.45) is 0 Å². The molecule has 6 nitrogen and oxygen atoms in total.